The van der Waals surface area contributed by atoms with E-state index in [2.05, 4.69) is 0 Å². The van der Waals surface area contributed by atoms with E-state index in [0.717, 1.165) is 12.8 Å². The number of carbonyl (C=O) groups excluding carboxylic acids is 1. The van der Waals surface area contributed by atoms with E-state index in [4.69, 9.17) is 14.2 Å². The zero-order chi connectivity index (χ0) is 13.0. The Kier molecular flexibility index (Phi) is 4.33. The number of esters is 1. The minimum atomic E-state index is -0.299. The summed E-state index contributed by atoms with van der Waals surface area (Å²) in [6.45, 7) is 1.90. The van der Waals surface area contributed by atoms with Crippen LogP contribution in [0.3, 0.4) is 0 Å². The Hall–Kier alpha value is -1.39. The van der Waals surface area contributed by atoms with Gasteiger partial charge < -0.3 is 14.2 Å². The lowest BCUT2D eigenvalue weighted by molar-refractivity contribution is -0.206. The molecule has 2 rings (SSSR count). The van der Waals surface area contributed by atoms with Crippen molar-refractivity contribution in [3.63, 3.8) is 0 Å². The summed E-state index contributed by atoms with van der Waals surface area (Å²) in [5.41, 5.74) is 0.568. The second-order valence-electron chi connectivity index (χ2n) is 4.39. The lowest BCUT2D eigenvalue weighted by atomic mass is 10.1. The highest BCUT2D eigenvalue weighted by Gasteiger charge is 2.31. The summed E-state index contributed by atoms with van der Waals surface area (Å²) in [6, 6.07) is 8.99. The molecule has 3 atom stereocenters. The number of methoxy groups -OCH3 is 1. The van der Waals surface area contributed by atoms with Gasteiger partial charge in [-0.05, 0) is 25.5 Å². The third kappa shape index (κ3) is 3.09. The van der Waals surface area contributed by atoms with Gasteiger partial charge in [-0.2, -0.15) is 0 Å². The van der Waals surface area contributed by atoms with Crippen LogP contribution in [-0.4, -0.2) is 31.6 Å². The second kappa shape index (κ2) is 5.98. The van der Waals surface area contributed by atoms with Crippen molar-refractivity contribution in [2.45, 2.75) is 38.3 Å². The molecule has 1 saturated heterocycles. The van der Waals surface area contributed by atoms with Crippen LogP contribution in [0.4, 0.5) is 0 Å². The Morgan fingerprint density at radius 2 is 2.00 bits per heavy atom. The van der Waals surface area contributed by atoms with Gasteiger partial charge in [0.05, 0.1) is 11.7 Å². The van der Waals surface area contributed by atoms with E-state index < -0.39 is 0 Å². The van der Waals surface area contributed by atoms with Gasteiger partial charge in [0.2, 0.25) is 0 Å². The van der Waals surface area contributed by atoms with Gasteiger partial charge in [-0.3, -0.25) is 0 Å². The molecule has 18 heavy (non-hydrogen) atoms. The molecule has 4 nitrogen and oxygen atoms in total. The molecule has 1 fully saturated rings. The Morgan fingerprint density at radius 1 is 1.28 bits per heavy atom. The van der Waals surface area contributed by atoms with Crippen molar-refractivity contribution in [1.29, 1.82) is 0 Å². The van der Waals surface area contributed by atoms with Crippen molar-refractivity contribution < 1.29 is 19.0 Å². The average molecular weight is 250 g/mol. The first-order chi connectivity index (χ1) is 8.70. The largest absolute Gasteiger partial charge is 0.456 e. The van der Waals surface area contributed by atoms with Crippen molar-refractivity contribution >= 4 is 5.97 Å². The normalized spacial score (nSPS) is 27.8. The quantitative estimate of drug-likeness (QED) is 0.773. The van der Waals surface area contributed by atoms with E-state index in [9.17, 15) is 4.79 Å². The van der Waals surface area contributed by atoms with E-state index in [-0.39, 0.29) is 24.5 Å². The number of hydrogen-bond acceptors (Lipinski definition) is 4. The summed E-state index contributed by atoms with van der Waals surface area (Å²) >= 11 is 0. The van der Waals surface area contributed by atoms with Crippen LogP contribution in [0.2, 0.25) is 0 Å². The molecule has 0 aromatic heterocycles. The van der Waals surface area contributed by atoms with Gasteiger partial charge in [-0.15, -0.1) is 0 Å². The first-order valence-electron chi connectivity index (χ1n) is 6.15. The number of hydrogen-bond donors (Lipinski definition) is 0. The molecule has 1 aliphatic rings. The van der Waals surface area contributed by atoms with E-state index >= 15 is 0 Å². The molecule has 0 saturated carbocycles. The maximum atomic E-state index is 11.9. The molecule has 3 unspecified atom stereocenters. The molecule has 1 aromatic rings. The fourth-order valence-corrected chi connectivity index (χ4v) is 2.04. The van der Waals surface area contributed by atoms with Gasteiger partial charge in [0.15, 0.2) is 6.29 Å². The zero-order valence-corrected chi connectivity index (χ0v) is 10.7. The van der Waals surface area contributed by atoms with Crippen molar-refractivity contribution in [1.82, 2.24) is 0 Å². The molecular formula is C14H18O4. The minimum absolute atomic E-state index is 0.142. The third-order valence-electron chi connectivity index (χ3n) is 3.11. The van der Waals surface area contributed by atoms with Crippen molar-refractivity contribution in [3.8, 4) is 0 Å². The Labute approximate surface area is 107 Å². The fourth-order valence-electron chi connectivity index (χ4n) is 2.04. The molecule has 1 aliphatic heterocycles. The number of carbonyl (C=O) groups is 1. The smallest absolute Gasteiger partial charge is 0.338 e. The van der Waals surface area contributed by atoms with Gasteiger partial charge in [0.25, 0.3) is 0 Å². The molecule has 0 radical (unpaired) electrons. The molecular weight excluding hydrogens is 232 g/mol. The third-order valence-corrected chi connectivity index (χ3v) is 3.11. The van der Waals surface area contributed by atoms with Crippen molar-refractivity contribution in [2.24, 2.45) is 0 Å². The summed E-state index contributed by atoms with van der Waals surface area (Å²) in [4.78, 5) is 11.9. The van der Waals surface area contributed by atoms with E-state index in [1.54, 1.807) is 19.2 Å². The molecule has 1 heterocycles. The summed E-state index contributed by atoms with van der Waals surface area (Å²) in [5.74, 6) is -0.299. The van der Waals surface area contributed by atoms with Crippen LogP contribution < -0.4 is 0 Å². The van der Waals surface area contributed by atoms with E-state index in [1.165, 1.54) is 0 Å². The van der Waals surface area contributed by atoms with Crippen LogP contribution in [0.5, 0.6) is 0 Å². The maximum absolute atomic E-state index is 11.9. The van der Waals surface area contributed by atoms with Crippen LogP contribution in [0, 0.1) is 0 Å². The molecule has 0 aliphatic carbocycles. The monoisotopic (exact) mass is 250 g/mol. The summed E-state index contributed by atoms with van der Waals surface area (Å²) in [7, 11) is 1.62. The Balaban J connectivity index is 1.92. The summed E-state index contributed by atoms with van der Waals surface area (Å²) in [6.07, 6.45) is 0.971. The molecule has 0 spiro atoms. The lowest BCUT2D eigenvalue weighted by Crippen LogP contribution is -2.40. The zero-order valence-electron chi connectivity index (χ0n) is 10.7. The molecule has 0 N–H and O–H groups in total. The Bertz CT molecular complexity index is 390. The standard InChI is InChI=1S/C14H18O4/c1-10-12(8-9-13(16-2)17-10)18-14(15)11-6-4-3-5-7-11/h3-7,10,12-13H,8-9H2,1-2H3. The summed E-state index contributed by atoms with van der Waals surface area (Å²) in [5, 5.41) is 0. The SMILES string of the molecule is COC1CCC(OC(=O)c2ccccc2)C(C)O1. The number of rotatable bonds is 3. The van der Waals surface area contributed by atoms with Gasteiger partial charge in [0.1, 0.15) is 6.10 Å². The fraction of sp³-hybridized carbons (Fsp3) is 0.500. The van der Waals surface area contributed by atoms with Crippen LogP contribution in [0.1, 0.15) is 30.1 Å². The highest BCUT2D eigenvalue weighted by molar-refractivity contribution is 5.89. The highest BCUT2D eigenvalue weighted by atomic mass is 16.7. The van der Waals surface area contributed by atoms with Gasteiger partial charge in [-0.25, -0.2) is 4.79 Å². The first kappa shape index (κ1) is 13.1. The number of benzene rings is 1. The molecule has 98 valence electrons. The van der Waals surface area contributed by atoms with Crippen molar-refractivity contribution in [3.05, 3.63) is 35.9 Å². The van der Waals surface area contributed by atoms with Gasteiger partial charge in [-0.1, -0.05) is 18.2 Å². The summed E-state index contributed by atoms with van der Waals surface area (Å²) < 4.78 is 16.2. The van der Waals surface area contributed by atoms with Crippen molar-refractivity contribution in [2.75, 3.05) is 7.11 Å². The topological polar surface area (TPSA) is 44.8 Å². The van der Waals surface area contributed by atoms with E-state index in [1.807, 2.05) is 25.1 Å². The van der Waals surface area contributed by atoms with E-state index in [0.29, 0.717) is 5.56 Å². The van der Waals surface area contributed by atoms with Gasteiger partial charge >= 0.3 is 5.97 Å². The highest BCUT2D eigenvalue weighted by Crippen LogP contribution is 2.23. The minimum Gasteiger partial charge on any atom is -0.456 e. The predicted molar refractivity (Wildman–Crippen MR) is 66.2 cm³/mol. The Morgan fingerprint density at radius 3 is 2.61 bits per heavy atom. The molecule has 0 bridgehead atoms. The molecule has 4 heteroatoms. The first-order valence-corrected chi connectivity index (χ1v) is 6.15. The second-order valence-corrected chi connectivity index (χ2v) is 4.39. The molecule has 1 aromatic carbocycles. The predicted octanol–water partition coefficient (Wildman–Crippen LogP) is 2.38. The lowest BCUT2D eigenvalue weighted by Gasteiger charge is -2.33. The van der Waals surface area contributed by atoms with Crippen LogP contribution in [0.15, 0.2) is 30.3 Å². The average Bonchev–Trinajstić information content (AvgIpc) is 2.42. The van der Waals surface area contributed by atoms with Gasteiger partial charge in [0, 0.05) is 13.5 Å². The van der Waals surface area contributed by atoms with Crippen LogP contribution in [-0.2, 0) is 14.2 Å². The van der Waals surface area contributed by atoms with Crippen LogP contribution >= 0.6 is 0 Å². The number of ether oxygens (including phenoxy) is 3. The molecule has 0 amide bonds. The van der Waals surface area contributed by atoms with Crippen LogP contribution in [0.25, 0.3) is 0 Å². The maximum Gasteiger partial charge on any atom is 0.338 e.